The maximum absolute atomic E-state index is 9.71. The van der Waals surface area contributed by atoms with Gasteiger partial charge in [0.2, 0.25) is 0 Å². The van der Waals surface area contributed by atoms with Crippen LogP contribution in [0.3, 0.4) is 0 Å². The molecule has 1 heterocycles. The zero-order valence-corrected chi connectivity index (χ0v) is 23.1. The fraction of sp³-hybridized carbons (Fsp3) is 0.394. The molecule has 0 spiro atoms. The van der Waals surface area contributed by atoms with Gasteiger partial charge in [-0.05, 0) is 97.9 Å². The van der Waals surface area contributed by atoms with E-state index in [1.54, 1.807) is 19.2 Å². The summed E-state index contributed by atoms with van der Waals surface area (Å²) in [5.74, 6) is 1.05. The molecule has 4 nitrogen and oxygen atoms in total. The molecule has 2 N–H and O–H groups in total. The van der Waals surface area contributed by atoms with Crippen LogP contribution in [0.5, 0.6) is 11.5 Å². The lowest BCUT2D eigenvalue weighted by atomic mass is 9.87. The van der Waals surface area contributed by atoms with Gasteiger partial charge in [0.15, 0.2) is 0 Å². The number of aliphatic hydroxyl groups excluding tert-OH is 1. The summed E-state index contributed by atoms with van der Waals surface area (Å²) in [4.78, 5) is 2.36. The third kappa shape index (κ3) is 10.4. The van der Waals surface area contributed by atoms with E-state index in [0.29, 0.717) is 6.42 Å². The van der Waals surface area contributed by atoms with Crippen molar-refractivity contribution < 1.29 is 14.9 Å². The molecule has 0 radical (unpaired) electrons. The van der Waals surface area contributed by atoms with Crippen LogP contribution >= 0.6 is 0 Å². The van der Waals surface area contributed by atoms with Crippen molar-refractivity contribution in [3.8, 4) is 11.5 Å². The number of phenols is 1. The minimum Gasteiger partial charge on any atom is -0.508 e. The van der Waals surface area contributed by atoms with Gasteiger partial charge in [-0.15, -0.1) is 0 Å². The highest BCUT2D eigenvalue weighted by Gasteiger charge is 2.14. The number of rotatable bonds is 8. The van der Waals surface area contributed by atoms with Gasteiger partial charge in [-0.25, -0.2) is 0 Å². The lowest BCUT2D eigenvalue weighted by Gasteiger charge is -2.18. The quantitative estimate of drug-likeness (QED) is 0.310. The highest BCUT2D eigenvalue weighted by atomic mass is 16.5. The Bertz CT molecular complexity index is 1020. The van der Waals surface area contributed by atoms with Crippen LogP contribution in [0.15, 0.2) is 78.9 Å². The molecule has 0 aliphatic carbocycles. The number of allylic oxidation sites excluding steroid dienone is 1. The molecule has 0 atom stereocenters. The molecule has 37 heavy (non-hydrogen) atoms. The molecule has 3 aromatic rings. The molecular weight excluding hydrogens is 458 g/mol. The van der Waals surface area contributed by atoms with Gasteiger partial charge in [-0.2, -0.15) is 0 Å². The van der Waals surface area contributed by atoms with Gasteiger partial charge < -0.3 is 19.8 Å². The zero-order valence-electron chi connectivity index (χ0n) is 23.1. The first-order valence-corrected chi connectivity index (χ1v) is 13.6. The van der Waals surface area contributed by atoms with Crippen LogP contribution in [0.1, 0.15) is 69.1 Å². The number of likely N-dealkylation sites (tertiary alicyclic amines) is 1. The summed E-state index contributed by atoms with van der Waals surface area (Å²) in [6.45, 7) is 7.14. The number of unbranched alkanes of at least 4 members (excludes halogenated alkanes) is 1. The largest absolute Gasteiger partial charge is 0.508 e. The van der Waals surface area contributed by atoms with Gasteiger partial charge in [0.25, 0.3) is 0 Å². The SMILES string of the molecule is CCCC.CN1CCCC1.COc1ccc(/C(=C(/CCCO)c2ccccc2)c2ccc(O)cc2)cc1. The average molecular weight is 504 g/mol. The molecule has 1 aliphatic rings. The van der Waals surface area contributed by atoms with Gasteiger partial charge in [-0.1, -0.05) is 81.3 Å². The summed E-state index contributed by atoms with van der Waals surface area (Å²) < 4.78 is 5.30. The Morgan fingerprint density at radius 3 is 1.76 bits per heavy atom. The van der Waals surface area contributed by atoms with Crippen LogP contribution in [0, 0.1) is 0 Å². The summed E-state index contributed by atoms with van der Waals surface area (Å²) in [7, 11) is 3.83. The van der Waals surface area contributed by atoms with E-state index in [-0.39, 0.29) is 12.4 Å². The minimum atomic E-state index is 0.141. The first-order chi connectivity index (χ1) is 18.0. The third-order valence-electron chi connectivity index (χ3n) is 6.37. The predicted molar refractivity (Wildman–Crippen MR) is 157 cm³/mol. The van der Waals surface area contributed by atoms with Gasteiger partial charge in [0.05, 0.1) is 7.11 Å². The highest BCUT2D eigenvalue weighted by molar-refractivity contribution is 5.98. The molecule has 1 fully saturated rings. The van der Waals surface area contributed by atoms with E-state index >= 15 is 0 Å². The zero-order chi connectivity index (χ0) is 26.9. The van der Waals surface area contributed by atoms with E-state index in [1.807, 2.05) is 54.6 Å². The summed E-state index contributed by atoms with van der Waals surface area (Å²) in [5.41, 5.74) is 5.48. The summed E-state index contributed by atoms with van der Waals surface area (Å²) in [5, 5.41) is 19.1. The van der Waals surface area contributed by atoms with E-state index in [0.717, 1.165) is 34.4 Å². The van der Waals surface area contributed by atoms with Crippen LogP contribution in [-0.4, -0.2) is 49.0 Å². The van der Waals surface area contributed by atoms with Crippen LogP contribution in [-0.2, 0) is 0 Å². The Morgan fingerprint density at radius 2 is 1.32 bits per heavy atom. The number of methoxy groups -OCH3 is 1. The molecule has 0 bridgehead atoms. The molecule has 0 saturated carbocycles. The molecule has 0 unspecified atom stereocenters. The number of benzene rings is 3. The minimum absolute atomic E-state index is 0.141. The maximum Gasteiger partial charge on any atom is 0.118 e. The lowest BCUT2D eigenvalue weighted by Crippen LogP contribution is -2.10. The maximum atomic E-state index is 9.71. The fourth-order valence-electron chi connectivity index (χ4n) is 4.09. The molecule has 0 amide bonds. The van der Waals surface area contributed by atoms with Gasteiger partial charge in [0.1, 0.15) is 11.5 Å². The van der Waals surface area contributed by atoms with Crippen molar-refractivity contribution >= 4 is 11.1 Å². The van der Waals surface area contributed by atoms with Gasteiger partial charge in [0, 0.05) is 6.61 Å². The number of hydrogen-bond donors (Lipinski definition) is 2. The van der Waals surface area contributed by atoms with E-state index in [9.17, 15) is 10.2 Å². The Balaban J connectivity index is 0.000000403. The van der Waals surface area contributed by atoms with Crippen molar-refractivity contribution in [2.45, 2.75) is 52.4 Å². The second-order valence-electron chi connectivity index (χ2n) is 9.33. The van der Waals surface area contributed by atoms with E-state index in [2.05, 4.69) is 37.9 Å². The Labute approximate surface area is 224 Å². The summed E-state index contributed by atoms with van der Waals surface area (Å²) >= 11 is 0. The molecule has 0 aromatic heterocycles. The summed E-state index contributed by atoms with van der Waals surface area (Å²) in [6.07, 6.45) is 6.90. The van der Waals surface area contributed by atoms with Crippen molar-refractivity contribution in [1.82, 2.24) is 4.90 Å². The van der Waals surface area contributed by atoms with Crippen LogP contribution in [0.4, 0.5) is 0 Å². The first-order valence-electron chi connectivity index (χ1n) is 13.6. The average Bonchev–Trinajstić information content (AvgIpc) is 3.43. The molecule has 4 rings (SSSR count). The monoisotopic (exact) mass is 503 g/mol. The lowest BCUT2D eigenvalue weighted by molar-refractivity contribution is 0.290. The molecule has 3 aromatic carbocycles. The topological polar surface area (TPSA) is 52.9 Å². The van der Waals surface area contributed by atoms with E-state index in [1.165, 1.54) is 44.3 Å². The smallest absolute Gasteiger partial charge is 0.118 e. The number of nitrogens with zero attached hydrogens (tertiary/aromatic N) is 1. The Morgan fingerprint density at radius 1 is 0.784 bits per heavy atom. The Kier molecular flexibility index (Phi) is 14.2. The summed E-state index contributed by atoms with van der Waals surface area (Å²) in [6, 6.07) is 25.5. The van der Waals surface area contributed by atoms with Crippen molar-refractivity contribution in [3.05, 3.63) is 95.6 Å². The third-order valence-corrected chi connectivity index (χ3v) is 6.37. The van der Waals surface area contributed by atoms with Crippen molar-refractivity contribution in [2.75, 3.05) is 33.9 Å². The standard InChI is InChI=1S/C24H24O3.C5H11N.C4H10/c1-27-22-15-11-20(12-16-22)24(19-9-13-21(26)14-10-19)23(8-5-17-25)18-6-3-2-4-7-18;1-6-4-2-3-5-6;1-3-4-2/h2-4,6-7,9-16,25-26H,5,8,17H2,1H3;2-5H2,1H3;3-4H2,1-2H3/b24-23-;;. The van der Waals surface area contributed by atoms with Crippen LogP contribution in [0.25, 0.3) is 11.1 Å². The van der Waals surface area contributed by atoms with Gasteiger partial charge >= 0.3 is 0 Å². The predicted octanol–water partition coefficient (Wildman–Crippen LogP) is 7.65. The number of aromatic hydroxyl groups is 1. The van der Waals surface area contributed by atoms with Crippen molar-refractivity contribution in [3.63, 3.8) is 0 Å². The number of aliphatic hydroxyl groups is 1. The molecule has 4 heteroatoms. The normalized spacial score (nSPS) is 13.5. The first kappa shape index (κ1) is 30.1. The van der Waals surface area contributed by atoms with E-state index < -0.39 is 0 Å². The molecule has 1 aliphatic heterocycles. The van der Waals surface area contributed by atoms with E-state index in [4.69, 9.17) is 4.74 Å². The van der Waals surface area contributed by atoms with Gasteiger partial charge in [-0.3, -0.25) is 0 Å². The number of phenolic OH excluding ortho intramolecular Hbond substituents is 1. The second kappa shape index (κ2) is 17.4. The molecule has 1 saturated heterocycles. The molecule has 200 valence electrons. The van der Waals surface area contributed by atoms with Crippen LogP contribution in [0.2, 0.25) is 0 Å². The Hall–Kier alpha value is -3.08. The number of hydrogen-bond acceptors (Lipinski definition) is 4. The highest BCUT2D eigenvalue weighted by Crippen LogP contribution is 2.36. The molecular formula is C33H45NO3. The van der Waals surface area contributed by atoms with Crippen molar-refractivity contribution in [2.24, 2.45) is 0 Å². The van der Waals surface area contributed by atoms with Crippen molar-refractivity contribution in [1.29, 1.82) is 0 Å². The fourth-order valence-corrected chi connectivity index (χ4v) is 4.09. The number of ether oxygens (including phenoxy) is 1. The van der Waals surface area contributed by atoms with Crippen LogP contribution < -0.4 is 4.74 Å². The second-order valence-corrected chi connectivity index (χ2v) is 9.33.